The van der Waals surface area contributed by atoms with Crippen molar-refractivity contribution < 1.29 is 23.9 Å². The van der Waals surface area contributed by atoms with Gasteiger partial charge >= 0.3 is 11.9 Å². The van der Waals surface area contributed by atoms with E-state index in [0.29, 0.717) is 18.6 Å². The van der Waals surface area contributed by atoms with Crippen LogP contribution in [0.2, 0.25) is 0 Å². The first-order valence-electron chi connectivity index (χ1n) is 5.61. The summed E-state index contributed by atoms with van der Waals surface area (Å²) in [4.78, 5) is 32.6. The highest BCUT2D eigenvalue weighted by molar-refractivity contribution is 5.78. The largest absolute Gasteiger partial charge is 0.467 e. The molecular weight excluding hydrogens is 250 g/mol. The molecule has 0 spiro atoms. The lowest BCUT2D eigenvalue weighted by molar-refractivity contribution is -0.144. The molecule has 0 unspecified atom stereocenters. The minimum atomic E-state index is -0.734. The number of hydrogen-bond donors (Lipinski definition) is 1. The summed E-state index contributed by atoms with van der Waals surface area (Å²) in [5, 5.41) is 2.39. The van der Waals surface area contributed by atoms with E-state index in [1.165, 1.54) is 14.0 Å². The summed E-state index contributed by atoms with van der Waals surface area (Å²) in [6.07, 6.45) is 0.751. The van der Waals surface area contributed by atoms with Gasteiger partial charge < -0.3 is 14.8 Å². The monoisotopic (exact) mass is 265 g/mol. The fourth-order valence-electron chi connectivity index (χ4n) is 1.53. The van der Waals surface area contributed by atoms with Gasteiger partial charge in [0.05, 0.1) is 7.11 Å². The van der Waals surface area contributed by atoms with Gasteiger partial charge in [0.25, 0.3) is 0 Å². The normalized spacial score (nSPS) is 11.3. The number of methoxy groups -OCH3 is 1. The van der Waals surface area contributed by atoms with E-state index >= 15 is 0 Å². The number of ether oxygens (including phenoxy) is 2. The van der Waals surface area contributed by atoms with E-state index in [4.69, 9.17) is 4.74 Å². The average molecular weight is 265 g/mol. The van der Waals surface area contributed by atoms with E-state index in [-0.39, 0.29) is 0 Å². The first-order chi connectivity index (χ1) is 9.06. The van der Waals surface area contributed by atoms with Crippen LogP contribution in [0.3, 0.4) is 0 Å². The lowest BCUT2D eigenvalue weighted by Gasteiger charge is -2.13. The van der Waals surface area contributed by atoms with Crippen molar-refractivity contribution in [3.8, 4) is 5.75 Å². The van der Waals surface area contributed by atoms with Crippen LogP contribution in [-0.4, -0.2) is 31.5 Å². The summed E-state index contributed by atoms with van der Waals surface area (Å²) in [7, 11) is 1.26. The molecule has 6 heteroatoms. The molecule has 0 saturated carbocycles. The van der Waals surface area contributed by atoms with Crippen LogP contribution < -0.4 is 10.1 Å². The van der Waals surface area contributed by atoms with Gasteiger partial charge in [-0.2, -0.15) is 0 Å². The molecule has 6 nitrogen and oxygen atoms in total. The molecule has 102 valence electrons. The number of hydrogen-bond acceptors (Lipinski definition) is 5. The number of amides is 1. The molecule has 0 heterocycles. The number of carbonyl (C=O) groups excluding carboxylic acids is 3. The second kappa shape index (κ2) is 7.15. The second-order valence-electron chi connectivity index (χ2n) is 3.80. The Morgan fingerprint density at radius 3 is 2.42 bits per heavy atom. The Kier molecular flexibility index (Phi) is 5.53. The molecule has 1 rings (SSSR count). The molecule has 0 radical (unpaired) electrons. The fourth-order valence-corrected chi connectivity index (χ4v) is 1.53. The van der Waals surface area contributed by atoms with Gasteiger partial charge in [-0.1, -0.05) is 12.1 Å². The van der Waals surface area contributed by atoms with Crippen LogP contribution >= 0.6 is 0 Å². The minimum absolute atomic E-state index is 0.297. The molecule has 1 amide bonds. The van der Waals surface area contributed by atoms with E-state index < -0.39 is 18.0 Å². The van der Waals surface area contributed by atoms with E-state index in [1.807, 2.05) is 0 Å². The molecule has 19 heavy (non-hydrogen) atoms. The van der Waals surface area contributed by atoms with E-state index in [1.54, 1.807) is 24.3 Å². The Morgan fingerprint density at radius 1 is 1.32 bits per heavy atom. The zero-order valence-corrected chi connectivity index (χ0v) is 10.7. The SMILES string of the molecule is COC(=O)[C@H](Cc1ccc(OC(C)=O)cc1)NC=O. The summed E-state index contributed by atoms with van der Waals surface area (Å²) in [6.45, 7) is 1.31. The smallest absolute Gasteiger partial charge is 0.328 e. The average Bonchev–Trinajstić information content (AvgIpc) is 2.39. The van der Waals surface area contributed by atoms with Gasteiger partial charge in [-0.05, 0) is 17.7 Å². The Morgan fingerprint density at radius 2 is 1.95 bits per heavy atom. The zero-order chi connectivity index (χ0) is 14.3. The van der Waals surface area contributed by atoms with Gasteiger partial charge in [0, 0.05) is 13.3 Å². The number of carbonyl (C=O) groups is 3. The maximum Gasteiger partial charge on any atom is 0.328 e. The summed E-state index contributed by atoms with van der Waals surface area (Å²) < 4.78 is 9.47. The molecule has 0 aliphatic heterocycles. The van der Waals surface area contributed by atoms with Crippen LogP contribution in [0.25, 0.3) is 0 Å². The maximum absolute atomic E-state index is 11.4. The fraction of sp³-hybridized carbons (Fsp3) is 0.308. The van der Waals surface area contributed by atoms with Gasteiger partial charge in [-0.15, -0.1) is 0 Å². The third-order valence-electron chi connectivity index (χ3n) is 2.38. The van der Waals surface area contributed by atoms with Crippen LogP contribution in [0, 0.1) is 0 Å². The van der Waals surface area contributed by atoms with Crippen LogP contribution in [0.5, 0.6) is 5.75 Å². The Bertz CT molecular complexity index is 455. The molecule has 0 bridgehead atoms. The lowest BCUT2D eigenvalue weighted by Crippen LogP contribution is -2.38. The van der Waals surface area contributed by atoms with E-state index in [2.05, 4.69) is 10.1 Å². The van der Waals surface area contributed by atoms with Crippen LogP contribution in [0.4, 0.5) is 0 Å². The predicted octanol–water partition coefficient (Wildman–Crippen LogP) is 0.442. The van der Waals surface area contributed by atoms with E-state index in [0.717, 1.165) is 5.56 Å². The number of rotatable bonds is 6. The molecule has 1 N–H and O–H groups in total. The topological polar surface area (TPSA) is 81.7 Å². The summed E-state index contributed by atoms with van der Waals surface area (Å²) in [6, 6.07) is 5.92. The molecule has 0 aliphatic rings. The van der Waals surface area contributed by atoms with Crippen molar-refractivity contribution in [1.82, 2.24) is 5.32 Å². The summed E-state index contributed by atoms with van der Waals surface area (Å²) in [5.74, 6) is -0.492. The predicted molar refractivity (Wildman–Crippen MR) is 66.5 cm³/mol. The Balaban J connectivity index is 2.71. The highest BCUT2D eigenvalue weighted by atomic mass is 16.5. The van der Waals surface area contributed by atoms with Crippen molar-refractivity contribution in [1.29, 1.82) is 0 Å². The van der Waals surface area contributed by atoms with Gasteiger partial charge in [-0.25, -0.2) is 4.79 Å². The number of esters is 2. The van der Waals surface area contributed by atoms with Gasteiger partial charge in [-0.3, -0.25) is 9.59 Å². The third-order valence-corrected chi connectivity index (χ3v) is 2.38. The summed E-state index contributed by atoms with van der Waals surface area (Å²) in [5.41, 5.74) is 0.806. The molecule has 0 saturated heterocycles. The van der Waals surface area contributed by atoms with Crippen LogP contribution in [-0.2, 0) is 25.5 Å². The molecule has 1 aromatic carbocycles. The van der Waals surface area contributed by atoms with Crippen LogP contribution in [0.1, 0.15) is 12.5 Å². The standard InChI is InChI=1S/C13H15NO5/c1-9(16)19-11-5-3-10(4-6-11)7-12(14-8-15)13(17)18-2/h3-6,8,12H,7H2,1-2H3,(H,14,15)/t12-/m0/s1. The second-order valence-corrected chi connectivity index (χ2v) is 3.80. The maximum atomic E-state index is 11.4. The first kappa shape index (κ1) is 14.7. The Labute approximate surface area is 110 Å². The Hall–Kier alpha value is -2.37. The number of nitrogens with one attached hydrogen (secondary N) is 1. The van der Waals surface area contributed by atoms with Crippen molar-refractivity contribution in [3.05, 3.63) is 29.8 Å². The number of benzene rings is 1. The molecule has 0 aliphatic carbocycles. The lowest BCUT2D eigenvalue weighted by atomic mass is 10.1. The molecule has 1 atom stereocenters. The first-order valence-corrected chi connectivity index (χ1v) is 5.61. The highest BCUT2D eigenvalue weighted by Gasteiger charge is 2.18. The van der Waals surface area contributed by atoms with Crippen molar-refractivity contribution in [2.24, 2.45) is 0 Å². The van der Waals surface area contributed by atoms with Gasteiger partial charge in [0.1, 0.15) is 11.8 Å². The molecule has 0 fully saturated rings. The quantitative estimate of drug-likeness (QED) is 0.458. The summed E-state index contributed by atoms with van der Waals surface area (Å²) >= 11 is 0. The zero-order valence-electron chi connectivity index (χ0n) is 10.7. The van der Waals surface area contributed by atoms with Crippen molar-refractivity contribution >= 4 is 18.3 Å². The van der Waals surface area contributed by atoms with Crippen molar-refractivity contribution in [3.63, 3.8) is 0 Å². The van der Waals surface area contributed by atoms with Crippen LogP contribution in [0.15, 0.2) is 24.3 Å². The minimum Gasteiger partial charge on any atom is -0.467 e. The van der Waals surface area contributed by atoms with E-state index in [9.17, 15) is 14.4 Å². The highest BCUT2D eigenvalue weighted by Crippen LogP contribution is 2.14. The van der Waals surface area contributed by atoms with Crippen molar-refractivity contribution in [2.45, 2.75) is 19.4 Å². The molecular formula is C13H15NO5. The molecule has 1 aromatic rings. The van der Waals surface area contributed by atoms with Gasteiger partial charge in [0.15, 0.2) is 0 Å². The molecule has 0 aromatic heterocycles. The third kappa shape index (κ3) is 4.79. The van der Waals surface area contributed by atoms with Gasteiger partial charge in [0.2, 0.25) is 6.41 Å². The van der Waals surface area contributed by atoms with Crippen molar-refractivity contribution in [2.75, 3.05) is 7.11 Å².